The van der Waals surface area contributed by atoms with Crippen LogP contribution in [0.3, 0.4) is 0 Å². The molecule has 17 heavy (non-hydrogen) atoms. The smallest absolute Gasteiger partial charge is 0.273 e. The van der Waals surface area contributed by atoms with Crippen molar-refractivity contribution < 1.29 is 9.90 Å². The fraction of sp³-hybridized carbons (Fsp3) is 0.500. The molecule has 1 aromatic heterocycles. The highest BCUT2D eigenvalue weighted by Crippen LogP contribution is 2.13. The fourth-order valence-corrected chi connectivity index (χ4v) is 1.61. The van der Waals surface area contributed by atoms with E-state index < -0.39 is 0 Å². The first-order valence-electron chi connectivity index (χ1n) is 5.69. The summed E-state index contributed by atoms with van der Waals surface area (Å²) in [4.78, 5) is 15.7. The molecule has 0 saturated heterocycles. The number of carbonyl (C=O) groups is 1. The van der Waals surface area contributed by atoms with E-state index in [-0.39, 0.29) is 23.4 Å². The number of nitrogens with zero attached hydrogens (tertiary/aromatic N) is 1. The summed E-state index contributed by atoms with van der Waals surface area (Å²) in [7, 11) is 0. The molecule has 0 fully saturated rings. The molecule has 1 aromatic rings. The van der Waals surface area contributed by atoms with Crippen molar-refractivity contribution in [1.82, 2.24) is 10.3 Å². The molecule has 0 radical (unpaired) electrons. The van der Waals surface area contributed by atoms with E-state index >= 15 is 0 Å². The number of nitrogens with one attached hydrogen (secondary N) is 1. The van der Waals surface area contributed by atoms with Crippen LogP contribution in [0.4, 0.5) is 0 Å². The van der Waals surface area contributed by atoms with Crippen molar-refractivity contribution >= 4 is 5.91 Å². The molecular weight excluding hydrogens is 218 g/mol. The van der Waals surface area contributed by atoms with Crippen LogP contribution in [-0.2, 0) is 0 Å². The van der Waals surface area contributed by atoms with Crippen LogP contribution in [0.15, 0.2) is 18.3 Å². The summed E-state index contributed by atoms with van der Waals surface area (Å²) in [5, 5.41) is 12.3. The van der Waals surface area contributed by atoms with Gasteiger partial charge in [-0.2, -0.15) is 0 Å². The Bertz CT molecular complexity index is 380. The van der Waals surface area contributed by atoms with Crippen LogP contribution in [0.5, 0.6) is 5.75 Å². The number of amides is 1. The number of hydrogen-bond acceptors (Lipinski definition) is 4. The molecule has 0 spiro atoms. The van der Waals surface area contributed by atoms with E-state index in [1.807, 2.05) is 0 Å². The zero-order chi connectivity index (χ0) is 12.8. The van der Waals surface area contributed by atoms with E-state index in [1.54, 1.807) is 6.07 Å². The van der Waals surface area contributed by atoms with Crippen molar-refractivity contribution in [2.24, 2.45) is 11.7 Å². The first-order valence-corrected chi connectivity index (χ1v) is 5.69. The Morgan fingerprint density at radius 1 is 1.59 bits per heavy atom. The Kier molecular flexibility index (Phi) is 4.90. The van der Waals surface area contributed by atoms with Gasteiger partial charge in [0.1, 0.15) is 5.75 Å². The monoisotopic (exact) mass is 237 g/mol. The summed E-state index contributed by atoms with van der Waals surface area (Å²) in [6.45, 7) is 4.50. The second kappa shape index (κ2) is 6.20. The van der Waals surface area contributed by atoms with E-state index in [4.69, 9.17) is 5.73 Å². The van der Waals surface area contributed by atoms with Gasteiger partial charge in [-0.15, -0.1) is 0 Å². The lowest BCUT2D eigenvalue weighted by Gasteiger charge is -2.18. The molecule has 0 aliphatic carbocycles. The summed E-state index contributed by atoms with van der Waals surface area (Å²) >= 11 is 0. The second-order valence-corrected chi connectivity index (χ2v) is 4.41. The normalized spacial score (nSPS) is 12.5. The first kappa shape index (κ1) is 13.4. The Labute approximate surface area is 101 Å². The molecular formula is C12H19N3O2. The first-order chi connectivity index (χ1) is 8.04. The second-order valence-electron chi connectivity index (χ2n) is 4.41. The van der Waals surface area contributed by atoms with E-state index in [9.17, 15) is 9.90 Å². The molecule has 0 aromatic carbocycles. The Morgan fingerprint density at radius 2 is 2.29 bits per heavy atom. The van der Waals surface area contributed by atoms with Crippen LogP contribution < -0.4 is 11.1 Å². The molecule has 0 saturated carbocycles. The van der Waals surface area contributed by atoms with Crippen molar-refractivity contribution in [3.8, 4) is 5.75 Å². The summed E-state index contributed by atoms with van der Waals surface area (Å²) in [6.07, 6.45) is 2.27. The number of carbonyl (C=O) groups excluding carboxylic acids is 1. The third kappa shape index (κ3) is 4.03. The highest BCUT2D eigenvalue weighted by molar-refractivity contribution is 5.94. The van der Waals surface area contributed by atoms with Gasteiger partial charge >= 0.3 is 0 Å². The van der Waals surface area contributed by atoms with Crippen LogP contribution in [-0.4, -0.2) is 28.6 Å². The molecule has 94 valence electrons. The summed E-state index contributed by atoms with van der Waals surface area (Å²) < 4.78 is 0. The zero-order valence-electron chi connectivity index (χ0n) is 10.2. The number of nitrogens with two attached hydrogens (primary N) is 1. The topological polar surface area (TPSA) is 88.2 Å². The highest BCUT2D eigenvalue weighted by atomic mass is 16.3. The van der Waals surface area contributed by atoms with Gasteiger partial charge in [0.05, 0.1) is 0 Å². The van der Waals surface area contributed by atoms with Gasteiger partial charge in [-0.1, -0.05) is 13.8 Å². The maximum absolute atomic E-state index is 11.8. The number of hydrogen-bond donors (Lipinski definition) is 3. The average molecular weight is 237 g/mol. The van der Waals surface area contributed by atoms with Crippen LogP contribution in [0.25, 0.3) is 0 Å². The Morgan fingerprint density at radius 3 is 2.82 bits per heavy atom. The Hall–Kier alpha value is -1.62. The zero-order valence-corrected chi connectivity index (χ0v) is 10.2. The van der Waals surface area contributed by atoms with Gasteiger partial charge in [0.15, 0.2) is 5.69 Å². The highest BCUT2D eigenvalue weighted by Gasteiger charge is 2.17. The summed E-state index contributed by atoms with van der Waals surface area (Å²) in [5.74, 6) is -0.0642. The minimum absolute atomic E-state index is 0.0368. The number of rotatable bonds is 5. The third-order valence-electron chi connectivity index (χ3n) is 2.38. The van der Waals surface area contributed by atoms with E-state index in [0.717, 1.165) is 6.42 Å². The molecule has 4 N–H and O–H groups in total. The van der Waals surface area contributed by atoms with Gasteiger partial charge in [0.25, 0.3) is 5.91 Å². The lowest BCUT2D eigenvalue weighted by atomic mass is 10.0. The molecule has 1 atom stereocenters. The van der Waals surface area contributed by atoms with E-state index in [0.29, 0.717) is 12.5 Å². The lowest BCUT2D eigenvalue weighted by Crippen LogP contribution is -2.41. The van der Waals surface area contributed by atoms with Crippen LogP contribution in [0, 0.1) is 5.92 Å². The average Bonchev–Trinajstić information content (AvgIpc) is 2.27. The predicted octanol–water partition coefficient (Wildman–Crippen LogP) is 0.890. The van der Waals surface area contributed by atoms with Crippen molar-refractivity contribution in [2.45, 2.75) is 26.3 Å². The maximum Gasteiger partial charge on any atom is 0.273 e. The molecule has 1 amide bonds. The van der Waals surface area contributed by atoms with Crippen LogP contribution in [0.2, 0.25) is 0 Å². The molecule has 0 bridgehead atoms. The minimum Gasteiger partial charge on any atom is -0.505 e. The molecule has 1 heterocycles. The van der Waals surface area contributed by atoms with Gasteiger partial charge in [-0.05, 0) is 24.5 Å². The minimum atomic E-state index is -0.390. The van der Waals surface area contributed by atoms with Crippen molar-refractivity contribution in [1.29, 1.82) is 0 Å². The molecule has 5 heteroatoms. The summed E-state index contributed by atoms with van der Waals surface area (Å²) in [5.41, 5.74) is 5.62. The van der Waals surface area contributed by atoms with E-state index in [2.05, 4.69) is 24.1 Å². The van der Waals surface area contributed by atoms with Gasteiger partial charge in [0, 0.05) is 18.8 Å². The predicted molar refractivity (Wildman–Crippen MR) is 65.7 cm³/mol. The molecule has 0 aliphatic heterocycles. The number of aromatic hydroxyl groups is 1. The third-order valence-corrected chi connectivity index (χ3v) is 2.38. The fourth-order valence-electron chi connectivity index (χ4n) is 1.61. The standard InChI is InChI=1S/C12H19N3O2/c1-8(2)6-9(7-13)15-12(17)11-10(16)4-3-5-14-11/h3-5,8-9,16H,6-7,13H2,1-2H3,(H,15,17). The SMILES string of the molecule is CC(C)CC(CN)NC(=O)c1ncccc1O. The van der Waals surface area contributed by atoms with Crippen molar-refractivity contribution in [3.63, 3.8) is 0 Å². The molecule has 1 rings (SSSR count). The molecule has 0 aliphatic rings. The van der Waals surface area contributed by atoms with Gasteiger partial charge < -0.3 is 16.2 Å². The van der Waals surface area contributed by atoms with Crippen molar-refractivity contribution in [3.05, 3.63) is 24.0 Å². The van der Waals surface area contributed by atoms with Crippen molar-refractivity contribution in [2.75, 3.05) is 6.54 Å². The summed E-state index contributed by atoms with van der Waals surface area (Å²) in [6, 6.07) is 2.91. The van der Waals surface area contributed by atoms with Gasteiger partial charge in [-0.25, -0.2) is 4.98 Å². The lowest BCUT2D eigenvalue weighted by molar-refractivity contribution is 0.0925. The quantitative estimate of drug-likeness (QED) is 0.709. The number of pyridine rings is 1. The van der Waals surface area contributed by atoms with Crippen LogP contribution in [0.1, 0.15) is 30.8 Å². The number of aromatic nitrogens is 1. The molecule has 5 nitrogen and oxygen atoms in total. The largest absolute Gasteiger partial charge is 0.505 e. The van der Waals surface area contributed by atoms with Gasteiger partial charge in [-0.3, -0.25) is 4.79 Å². The maximum atomic E-state index is 11.8. The van der Waals surface area contributed by atoms with Crippen LogP contribution >= 0.6 is 0 Å². The molecule has 1 unspecified atom stereocenters. The van der Waals surface area contributed by atoms with E-state index in [1.165, 1.54) is 12.3 Å². The van der Waals surface area contributed by atoms with Gasteiger partial charge in [0.2, 0.25) is 0 Å². The Balaban J connectivity index is 2.68.